The van der Waals surface area contributed by atoms with E-state index in [1.54, 1.807) is 0 Å². The molecule has 9 unspecified atom stereocenters. The van der Waals surface area contributed by atoms with Crippen LogP contribution in [0.15, 0.2) is 0 Å². The predicted octanol–water partition coefficient (Wildman–Crippen LogP) is -3.02. The summed E-state index contributed by atoms with van der Waals surface area (Å²) < 4.78 is 17.9. The smallest absolute Gasteiger partial charge is 0.187 e. The molecule has 0 amide bonds. The lowest BCUT2D eigenvalue weighted by molar-refractivity contribution is -0.333. The topological polar surface area (TPSA) is 190 Å². The SMILES string of the molecule is OC[C@H]1O[C@@H](OC2CC3C(O)CC(O)CC3OC2C2CCC(O)C(O)C2)[C@H](O)[C@H](O)[C@H]1O. The van der Waals surface area contributed by atoms with Crippen molar-refractivity contribution < 1.29 is 55.1 Å². The maximum absolute atomic E-state index is 10.5. The lowest BCUT2D eigenvalue weighted by Gasteiger charge is -2.51. The fourth-order valence-electron chi connectivity index (χ4n) is 5.76. The third-order valence-electron chi connectivity index (χ3n) is 7.64. The molecule has 11 nitrogen and oxygen atoms in total. The van der Waals surface area contributed by atoms with E-state index in [1.165, 1.54) is 0 Å². The summed E-state index contributed by atoms with van der Waals surface area (Å²) in [6, 6.07) is 0. The Balaban J connectivity index is 1.54. The van der Waals surface area contributed by atoms with Crippen LogP contribution in [0, 0.1) is 11.8 Å². The molecular weight excluding hydrogens is 428 g/mol. The van der Waals surface area contributed by atoms with Crippen molar-refractivity contribution >= 4 is 0 Å². The Kier molecular flexibility index (Phi) is 7.75. The van der Waals surface area contributed by atoms with E-state index in [4.69, 9.17) is 14.2 Å². The van der Waals surface area contributed by atoms with Crippen LogP contribution in [0.3, 0.4) is 0 Å². The van der Waals surface area contributed by atoms with Gasteiger partial charge in [0, 0.05) is 5.92 Å². The van der Waals surface area contributed by atoms with Crippen molar-refractivity contribution in [2.24, 2.45) is 11.8 Å². The number of hydrogen-bond donors (Lipinski definition) is 8. The lowest BCUT2D eigenvalue weighted by atomic mass is 9.72. The van der Waals surface area contributed by atoms with Crippen LogP contribution in [-0.4, -0.2) is 121 Å². The highest BCUT2D eigenvalue weighted by Crippen LogP contribution is 2.43. The van der Waals surface area contributed by atoms with E-state index in [0.717, 1.165) is 0 Å². The number of fused-ring (bicyclic) bond motifs is 1. The molecule has 2 aliphatic carbocycles. The van der Waals surface area contributed by atoms with Crippen LogP contribution in [-0.2, 0) is 14.2 Å². The van der Waals surface area contributed by atoms with Gasteiger partial charge in [-0.3, -0.25) is 0 Å². The minimum Gasteiger partial charge on any atom is -0.394 e. The van der Waals surface area contributed by atoms with Crippen molar-refractivity contribution in [2.45, 2.75) is 112 Å². The number of aliphatic hydroxyl groups excluding tert-OH is 8. The number of aliphatic hydroxyl groups is 8. The van der Waals surface area contributed by atoms with Gasteiger partial charge in [-0.15, -0.1) is 0 Å². The van der Waals surface area contributed by atoms with Crippen molar-refractivity contribution in [2.75, 3.05) is 6.61 Å². The van der Waals surface area contributed by atoms with E-state index in [0.29, 0.717) is 25.7 Å². The molecule has 14 atom stereocenters. The van der Waals surface area contributed by atoms with Crippen LogP contribution in [0.4, 0.5) is 0 Å². The first-order valence-electron chi connectivity index (χ1n) is 11.5. The van der Waals surface area contributed by atoms with Crippen LogP contribution in [0.1, 0.15) is 38.5 Å². The molecule has 0 aromatic rings. The Morgan fingerprint density at radius 1 is 0.719 bits per heavy atom. The Morgan fingerprint density at radius 3 is 2.16 bits per heavy atom. The highest BCUT2D eigenvalue weighted by Gasteiger charge is 2.51. The highest BCUT2D eigenvalue weighted by molar-refractivity contribution is 4.99. The van der Waals surface area contributed by atoms with Gasteiger partial charge < -0.3 is 55.1 Å². The first kappa shape index (κ1) is 24.7. The summed E-state index contributed by atoms with van der Waals surface area (Å²) in [6.07, 6.45) is -9.82. The molecular formula is C21H36O11. The average molecular weight is 465 g/mol. The zero-order chi connectivity index (χ0) is 23.2. The van der Waals surface area contributed by atoms with Gasteiger partial charge in [0.2, 0.25) is 0 Å². The molecule has 4 rings (SSSR count). The van der Waals surface area contributed by atoms with Gasteiger partial charge in [0.15, 0.2) is 6.29 Å². The van der Waals surface area contributed by atoms with Gasteiger partial charge in [0.05, 0.1) is 49.3 Å². The van der Waals surface area contributed by atoms with Gasteiger partial charge in [-0.1, -0.05) is 0 Å². The molecule has 0 bridgehead atoms. The average Bonchev–Trinajstić information content (AvgIpc) is 2.76. The summed E-state index contributed by atoms with van der Waals surface area (Å²) in [5, 5.41) is 80.7. The Morgan fingerprint density at radius 2 is 1.47 bits per heavy atom. The summed E-state index contributed by atoms with van der Waals surface area (Å²) in [4.78, 5) is 0. The number of rotatable bonds is 4. The van der Waals surface area contributed by atoms with E-state index < -0.39 is 80.0 Å². The molecule has 2 heterocycles. The molecule has 2 saturated carbocycles. The van der Waals surface area contributed by atoms with Crippen molar-refractivity contribution in [1.29, 1.82) is 0 Å². The predicted molar refractivity (Wildman–Crippen MR) is 106 cm³/mol. The fraction of sp³-hybridized carbons (Fsp3) is 1.00. The van der Waals surface area contributed by atoms with Crippen LogP contribution < -0.4 is 0 Å². The minimum atomic E-state index is -1.58. The molecule has 11 heteroatoms. The van der Waals surface area contributed by atoms with Crippen LogP contribution in [0.5, 0.6) is 0 Å². The second kappa shape index (κ2) is 10.0. The zero-order valence-corrected chi connectivity index (χ0v) is 17.8. The molecule has 0 spiro atoms. The zero-order valence-electron chi connectivity index (χ0n) is 17.8. The van der Waals surface area contributed by atoms with Gasteiger partial charge in [0.25, 0.3) is 0 Å². The van der Waals surface area contributed by atoms with Gasteiger partial charge in [-0.2, -0.15) is 0 Å². The summed E-state index contributed by atoms with van der Waals surface area (Å²) in [5.74, 6) is -0.496. The summed E-state index contributed by atoms with van der Waals surface area (Å²) in [6.45, 7) is -0.580. The fourth-order valence-corrected chi connectivity index (χ4v) is 5.76. The molecule has 32 heavy (non-hydrogen) atoms. The van der Waals surface area contributed by atoms with Crippen LogP contribution in [0.2, 0.25) is 0 Å². The normalized spacial score (nSPS) is 54.8. The summed E-state index contributed by atoms with van der Waals surface area (Å²) in [7, 11) is 0. The second-order valence-electron chi connectivity index (χ2n) is 9.81. The van der Waals surface area contributed by atoms with Gasteiger partial charge in [-0.25, -0.2) is 0 Å². The van der Waals surface area contributed by atoms with Crippen molar-refractivity contribution in [3.63, 3.8) is 0 Å². The molecule has 8 N–H and O–H groups in total. The molecule has 4 fully saturated rings. The number of ether oxygens (including phenoxy) is 3. The van der Waals surface area contributed by atoms with E-state index in [2.05, 4.69) is 0 Å². The Hall–Kier alpha value is -0.440. The van der Waals surface area contributed by atoms with E-state index >= 15 is 0 Å². The molecule has 2 saturated heterocycles. The van der Waals surface area contributed by atoms with Crippen LogP contribution >= 0.6 is 0 Å². The summed E-state index contributed by atoms with van der Waals surface area (Å²) in [5.41, 5.74) is 0. The monoisotopic (exact) mass is 464 g/mol. The van der Waals surface area contributed by atoms with E-state index in [1.807, 2.05) is 0 Å². The van der Waals surface area contributed by atoms with Crippen molar-refractivity contribution in [3.8, 4) is 0 Å². The van der Waals surface area contributed by atoms with Crippen molar-refractivity contribution in [1.82, 2.24) is 0 Å². The van der Waals surface area contributed by atoms with Crippen LogP contribution in [0.25, 0.3) is 0 Å². The maximum Gasteiger partial charge on any atom is 0.187 e. The van der Waals surface area contributed by atoms with Crippen molar-refractivity contribution in [3.05, 3.63) is 0 Å². The maximum atomic E-state index is 10.5. The quantitative estimate of drug-likeness (QED) is 0.211. The largest absolute Gasteiger partial charge is 0.394 e. The van der Waals surface area contributed by atoms with Gasteiger partial charge in [0.1, 0.15) is 24.4 Å². The third-order valence-corrected chi connectivity index (χ3v) is 7.64. The second-order valence-corrected chi connectivity index (χ2v) is 9.81. The highest BCUT2D eigenvalue weighted by atomic mass is 16.7. The minimum absolute atomic E-state index is 0.180. The van der Waals surface area contributed by atoms with Gasteiger partial charge in [-0.05, 0) is 44.4 Å². The molecule has 0 radical (unpaired) electrons. The number of hydrogen-bond acceptors (Lipinski definition) is 11. The Labute approximate surface area is 186 Å². The molecule has 186 valence electrons. The first-order chi connectivity index (χ1) is 15.2. The summed E-state index contributed by atoms with van der Waals surface area (Å²) >= 11 is 0. The standard InChI is InChI=1S/C21H36O11/c22-7-16-17(27)18(28)19(29)21(32-16)31-15-6-10-12(25)4-9(23)5-14(10)30-20(15)8-1-2-11(24)13(26)3-8/h8-29H,1-7H2/t8?,9?,10?,11?,12?,13?,14?,15?,16-,17+,18-,19-,20?,21-/m1/s1. The molecule has 0 aromatic heterocycles. The lowest BCUT2D eigenvalue weighted by Crippen LogP contribution is -2.62. The molecule has 4 aliphatic rings. The van der Waals surface area contributed by atoms with E-state index in [9.17, 15) is 40.9 Å². The molecule has 0 aromatic carbocycles. The van der Waals surface area contributed by atoms with Gasteiger partial charge >= 0.3 is 0 Å². The Bertz CT molecular complexity index is 621. The third kappa shape index (κ3) is 4.84. The molecule has 2 aliphatic heterocycles. The first-order valence-corrected chi connectivity index (χ1v) is 11.5. The van der Waals surface area contributed by atoms with E-state index in [-0.39, 0.29) is 24.7 Å².